The van der Waals surface area contributed by atoms with Gasteiger partial charge in [0, 0.05) is 5.54 Å². The number of nitrogens with one attached hydrogen (secondary N) is 1. The van der Waals surface area contributed by atoms with Crippen LogP contribution in [0.25, 0.3) is 0 Å². The average molecular weight is 268 g/mol. The fraction of sp³-hybridized carbons (Fsp3) is 0.733. The molecule has 0 saturated heterocycles. The van der Waals surface area contributed by atoms with Gasteiger partial charge in [-0.25, -0.2) is 0 Å². The molecule has 0 aliphatic rings. The lowest BCUT2D eigenvalue weighted by Gasteiger charge is -2.36. The van der Waals surface area contributed by atoms with Gasteiger partial charge in [0.1, 0.15) is 0 Å². The van der Waals surface area contributed by atoms with Crippen molar-refractivity contribution in [3.8, 4) is 0 Å². The van der Waals surface area contributed by atoms with Gasteiger partial charge in [-0.3, -0.25) is 9.59 Å². The van der Waals surface area contributed by atoms with E-state index in [-0.39, 0.29) is 16.9 Å². The molecule has 19 heavy (non-hydrogen) atoms. The topological polar surface area (TPSA) is 72.2 Å². The number of hydrogen-bond acceptors (Lipinski definition) is 2. The van der Waals surface area contributed by atoms with Gasteiger partial charge in [0.15, 0.2) is 0 Å². The second-order valence-electron chi connectivity index (χ2n) is 7.12. The van der Waals surface area contributed by atoms with E-state index in [4.69, 9.17) is 5.73 Å². The van der Waals surface area contributed by atoms with Crippen LogP contribution in [0, 0.1) is 17.3 Å². The zero-order chi connectivity index (χ0) is 15.4. The average Bonchev–Trinajstić information content (AvgIpc) is 2.11. The number of allylic oxidation sites excluding steroid dienone is 1. The highest BCUT2D eigenvalue weighted by Crippen LogP contribution is 2.34. The summed E-state index contributed by atoms with van der Waals surface area (Å²) in [5.41, 5.74) is 4.77. The number of rotatable bonds is 5. The summed E-state index contributed by atoms with van der Waals surface area (Å²) in [6.07, 6.45) is 2.05. The molecule has 4 heteroatoms. The molecule has 0 bridgehead atoms. The maximum Gasteiger partial charge on any atom is 0.224 e. The molecule has 0 aliphatic carbocycles. The van der Waals surface area contributed by atoms with Crippen molar-refractivity contribution in [2.24, 2.45) is 23.0 Å². The lowest BCUT2D eigenvalue weighted by Crippen LogP contribution is -2.51. The Labute approximate surface area is 116 Å². The second kappa shape index (κ2) is 6.22. The third-order valence-corrected chi connectivity index (χ3v) is 2.90. The standard InChI is InChI=1S/C15H28N2O2/c1-8-9-10(12(16)18)11(14(2,3)4)13(19)17-15(5,6)7/h8,10-11H,1,9H2,2-7H3,(H2,16,18)(H,17,19)/t10-,11?/m0/s1. The summed E-state index contributed by atoms with van der Waals surface area (Å²) < 4.78 is 0. The smallest absolute Gasteiger partial charge is 0.224 e. The molecule has 110 valence electrons. The quantitative estimate of drug-likeness (QED) is 0.751. The Kier molecular flexibility index (Phi) is 5.79. The zero-order valence-electron chi connectivity index (χ0n) is 13.0. The molecule has 0 saturated carbocycles. The molecule has 0 heterocycles. The molecule has 0 fully saturated rings. The van der Waals surface area contributed by atoms with Gasteiger partial charge in [0.05, 0.1) is 11.8 Å². The maximum atomic E-state index is 12.5. The maximum absolute atomic E-state index is 12.5. The first-order chi connectivity index (χ1) is 8.40. The molecular formula is C15H28N2O2. The number of amides is 2. The molecule has 0 aromatic heterocycles. The highest BCUT2D eigenvalue weighted by Gasteiger charge is 2.41. The highest BCUT2D eigenvalue weighted by atomic mass is 16.2. The van der Waals surface area contributed by atoms with Gasteiger partial charge in [-0.15, -0.1) is 6.58 Å². The summed E-state index contributed by atoms with van der Waals surface area (Å²) in [4.78, 5) is 24.1. The third-order valence-electron chi connectivity index (χ3n) is 2.90. The summed E-state index contributed by atoms with van der Waals surface area (Å²) in [6.45, 7) is 15.2. The van der Waals surface area contributed by atoms with E-state index in [1.54, 1.807) is 6.08 Å². The minimum Gasteiger partial charge on any atom is -0.369 e. The van der Waals surface area contributed by atoms with Crippen LogP contribution in [0.1, 0.15) is 48.0 Å². The first-order valence-corrected chi connectivity index (χ1v) is 6.62. The Bertz CT molecular complexity index is 348. The predicted octanol–water partition coefficient (Wildman–Crippen LogP) is 2.24. The van der Waals surface area contributed by atoms with E-state index in [0.29, 0.717) is 6.42 Å². The summed E-state index contributed by atoms with van der Waals surface area (Å²) in [5, 5.41) is 2.94. The molecule has 2 amide bonds. The number of nitrogens with two attached hydrogens (primary N) is 1. The van der Waals surface area contributed by atoms with Crippen molar-refractivity contribution in [1.29, 1.82) is 0 Å². The first kappa shape index (κ1) is 17.7. The summed E-state index contributed by atoms with van der Waals surface area (Å²) >= 11 is 0. The van der Waals surface area contributed by atoms with Gasteiger partial charge >= 0.3 is 0 Å². The molecule has 2 atom stereocenters. The Balaban J connectivity index is 5.37. The molecule has 0 aromatic carbocycles. The van der Waals surface area contributed by atoms with E-state index >= 15 is 0 Å². The van der Waals surface area contributed by atoms with Crippen LogP contribution < -0.4 is 11.1 Å². The van der Waals surface area contributed by atoms with Crippen LogP contribution in [0.5, 0.6) is 0 Å². The van der Waals surface area contributed by atoms with Crippen LogP contribution in [0.3, 0.4) is 0 Å². The SMILES string of the molecule is C=CC[C@H](C(N)=O)C(C(=O)NC(C)(C)C)C(C)(C)C. The first-order valence-electron chi connectivity index (χ1n) is 6.62. The predicted molar refractivity (Wildman–Crippen MR) is 78.3 cm³/mol. The molecule has 4 nitrogen and oxygen atoms in total. The normalized spacial score (nSPS) is 15.5. The van der Waals surface area contributed by atoms with Crippen LogP contribution in [0.2, 0.25) is 0 Å². The second-order valence-corrected chi connectivity index (χ2v) is 7.12. The minimum atomic E-state index is -0.528. The van der Waals surface area contributed by atoms with Crippen molar-refractivity contribution in [3.05, 3.63) is 12.7 Å². The Morgan fingerprint density at radius 2 is 1.68 bits per heavy atom. The number of carbonyl (C=O) groups is 2. The van der Waals surface area contributed by atoms with Crippen molar-refractivity contribution in [1.82, 2.24) is 5.32 Å². The largest absolute Gasteiger partial charge is 0.369 e. The Morgan fingerprint density at radius 3 is 1.95 bits per heavy atom. The lowest BCUT2D eigenvalue weighted by molar-refractivity contribution is -0.138. The van der Waals surface area contributed by atoms with Gasteiger partial charge in [-0.1, -0.05) is 26.8 Å². The fourth-order valence-electron chi connectivity index (χ4n) is 2.22. The van der Waals surface area contributed by atoms with Gasteiger partial charge < -0.3 is 11.1 Å². The third kappa shape index (κ3) is 5.90. The summed E-state index contributed by atoms with van der Waals surface area (Å²) in [7, 11) is 0. The van der Waals surface area contributed by atoms with Crippen molar-refractivity contribution < 1.29 is 9.59 Å². The Hall–Kier alpha value is -1.32. The van der Waals surface area contributed by atoms with E-state index in [0.717, 1.165) is 0 Å². The van der Waals surface area contributed by atoms with E-state index < -0.39 is 17.7 Å². The van der Waals surface area contributed by atoms with Crippen LogP contribution in [0.15, 0.2) is 12.7 Å². The molecule has 0 aliphatic heterocycles. The molecule has 3 N–H and O–H groups in total. The summed E-state index contributed by atoms with van der Waals surface area (Å²) in [5.74, 6) is -1.59. The van der Waals surface area contributed by atoms with Crippen LogP contribution in [0.4, 0.5) is 0 Å². The molecule has 1 unspecified atom stereocenters. The molecule has 0 spiro atoms. The van der Waals surface area contributed by atoms with Crippen molar-refractivity contribution >= 4 is 11.8 Å². The van der Waals surface area contributed by atoms with E-state index in [1.165, 1.54) is 0 Å². The van der Waals surface area contributed by atoms with Gasteiger partial charge in [-0.2, -0.15) is 0 Å². The Morgan fingerprint density at radius 1 is 1.21 bits per heavy atom. The molecule has 0 rings (SSSR count). The van der Waals surface area contributed by atoms with Gasteiger partial charge in [-0.05, 0) is 32.6 Å². The van der Waals surface area contributed by atoms with E-state index in [9.17, 15) is 9.59 Å². The number of hydrogen-bond donors (Lipinski definition) is 2. The molecular weight excluding hydrogens is 240 g/mol. The van der Waals surface area contributed by atoms with E-state index in [2.05, 4.69) is 11.9 Å². The van der Waals surface area contributed by atoms with Crippen molar-refractivity contribution in [2.75, 3.05) is 0 Å². The minimum absolute atomic E-state index is 0.134. The molecule has 0 aromatic rings. The monoisotopic (exact) mass is 268 g/mol. The lowest BCUT2D eigenvalue weighted by atomic mass is 9.71. The van der Waals surface area contributed by atoms with Crippen LogP contribution in [-0.4, -0.2) is 17.4 Å². The van der Waals surface area contributed by atoms with Crippen molar-refractivity contribution in [2.45, 2.75) is 53.5 Å². The number of primary amides is 1. The van der Waals surface area contributed by atoms with Gasteiger partial charge in [0.25, 0.3) is 0 Å². The molecule has 0 radical (unpaired) electrons. The fourth-order valence-corrected chi connectivity index (χ4v) is 2.22. The van der Waals surface area contributed by atoms with Crippen LogP contribution >= 0.6 is 0 Å². The zero-order valence-corrected chi connectivity index (χ0v) is 13.0. The van der Waals surface area contributed by atoms with Crippen LogP contribution in [-0.2, 0) is 9.59 Å². The van der Waals surface area contributed by atoms with E-state index in [1.807, 2.05) is 41.5 Å². The van der Waals surface area contributed by atoms with Crippen molar-refractivity contribution in [3.63, 3.8) is 0 Å². The summed E-state index contributed by atoms with van der Waals surface area (Å²) in [6, 6.07) is 0. The highest BCUT2D eigenvalue weighted by molar-refractivity contribution is 5.87. The number of carbonyl (C=O) groups excluding carboxylic acids is 2. The van der Waals surface area contributed by atoms with Gasteiger partial charge in [0.2, 0.25) is 11.8 Å².